The van der Waals surface area contributed by atoms with Crippen LogP contribution in [0.25, 0.3) is 0 Å². The van der Waals surface area contributed by atoms with Gasteiger partial charge in [0.05, 0.1) is 24.3 Å². The Morgan fingerprint density at radius 1 is 1.31 bits per heavy atom. The fourth-order valence-corrected chi connectivity index (χ4v) is 3.70. The smallest absolute Gasteiger partial charge is 0.215 e. The third-order valence-corrected chi connectivity index (χ3v) is 4.82. The summed E-state index contributed by atoms with van der Waals surface area (Å²) in [7, 11) is 0. The van der Waals surface area contributed by atoms with Crippen LogP contribution in [-0.2, 0) is 9.53 Å². The molecule has 0 saturated heterocycles. The Balaban J connectivity index is 2.11. The quantitative estimate of drug-likeness (QED) is 0.892. The molecule has 1 aliphatic heterocycles. The van der Waals surface area contributed by atoms with E-state index in [0.717, 1.165) is 0 Å². The fourth-order valence-electron chi connectivity index (χ4n) is 3.70. The highest BCUT2D eigenvalue weighted by Gasteiger charge is 2.58. The van der Waals surface area contributed by atoms with Crippen molar-refractivity contribution in [1.82, 2.24) is 0 Å². The molecule has 0 amide bonds. The molecule has 134 valence electrons. The molecule has 0 radical (unpaired) electrons. The van der Waals surface area contributed by atoms with Crippen molar-refractivity contribution in [3.8, 4) is 23.6 Å². The number of aromatic hydroxyl groups is 1. The molecule has 0 spiro atoms. The number of allylic oxidation sites excluding steroid dienone is 1. The molecule has 0 saturated carbocycles. The molecule has 2 aliphatic rings. The first-order chi connectivity index (χ1) is 12.3. The van der Waals surface area contributed by atoms with E-state index in [4.69, 9.17) is 9.47 Å². The van der Waals surface area contributed by atoms with Gasteiger partial charge in [-0.25, -0.2) is 0 Å². The zero-order valence-electron chi connectivity index (χ0n) is 15.0. The number of phenolic OH excluding ortho intramolecular Hbond substituents is 1. The zero-order valence-corrected chi connectivity index (χ0v) is 15.0. The van der Waals surface area contributed by atoms with E-state index in [1.807, 2.05) is 26.0 Å². The second kappa shape index (κ2) is 6.07. The minimum atomic E-state index is -1.70. The monoisotopic (exact) mass is 352 g/mol. The number of nitrogens with zero attached hydrogens (tertiary/aromatic N) is 2. The predicted molar refractivity (Wildman–Crippen MR) is 91.8 cm³/mol. The van der Waals surface area contributed by atoms with Crippen molar-refractivity contribution in [2.75, 3.05) is 6.61 Å². The summed E-state index contributed by atoms with van der Waals surface area (Å²) < 4.78 is 11.4. The Morgan fingerprint density at radius 3 is 2.62 bits per heavy atom. The summed E-state index contributed by atoms with van der Waals surface area (Å²) in [5.41, 5.74) is -1.30. The number of nitriles is 2. The molecule has 1 aliphatic carbocycles. The summed E-state index contributed by atoms with van der Waals surface area (Å²) in [5.74, 6) is 0.411. The lowest BCUT2D eigenvalue weighted by molar-refractivity contribution is -0.118. The van der Waals surface area contributed by atoms with Gasteiger partial charge in [-0.15, -0.1) is 0 Å². The van der Waals surface area contributed by atoms with Crippen molar-refractivity contribution in [2.45, 2.75) is 39.7 Å². The van der Waals surface area contributed by atoms with Gasteiger partial charge in [0, 0.05) is 12.8 Å². The van der Waals surface area contributed by atoms with Gasteiger partial charge in [0.1, 0.15) is 5.76 Å². The number of hydrogen-bond donors (Lipinski definition) is 1. The lowest BCUT2D eigenvalue weighted by atomic mass is 9.68. The number of phenols is 1. The van der Waals surface area contributed by atoms with E-state index in [1.165, 1.54) is 6.07 Å². The predicted octanol–water partition coefficient (Wildman–Crippen LogP) is 3.54. The first-order valence-electron chi connectivity index (χ1n) is 8.49. The number of rotatable bonds is 3. The molecule has 0 fully saturated rings. The van der Waals surface area contributed by atoms with Gasteiger partial charge in [0.15, 0.2) is 23.4 Å². The van der Waals surface area contributed by atoms with Crippen molar-refractivity contribution in [3.05, 3.63) is 35.1 Å². The van der Waals surface area contributed by atoms with Gasteiger partial charge in [-0.1, -0.05) is 19.9 Å². The number of Topliss-reactive ketones (excluding diaryl/α,β-unsaturated/α-hetero) is 1. The van der Waals surface area contributed by atoms with E-state index >= 15 is 0 Å². The van der Waals surface area contributed by atoms with Crippen LogP contribution in [0.3, 0.4) is 0 Å². The summed E-state index contributed by atoms with van der Waals surface area (Å²) in [6, 6.07) is 8.64. The van der Waals surface area contributed by atoms with Gasteiger partial charge in [0.2, 0.25) is 5.41 Å². The molecule has 1 aromatic rings. The second-order valence-electron chi connectivity index (χ2n) is 7.43. The third kappa shape index (κ3) is 2.59. The Kier molecular flexibility index (Phi) is 4.16. The number of ketones is 1. The summed E-state index contributed by atoms with van der Waals surface area (Å²) >= 11 is 0. The molecular weight excluding hydrogens is 332 g/mol. The number of ether oxygens (including phenoxy) is 2. The molecule has 6 heteroatoms. The SMILES string of the molecule is CCOc1cc(C2OC3=C(C(=O)CC(C)(C)C3)C2(C#N)C#N)ccc1O. The molecule has 0 aromatic heterocycles. The highest BCUT2D eigenvalue weighted by molar-refractivity contribution is 6.00. The van der Waals surface area contributed by atoms with Crippen molar-refractivity contribution in [2.24, 2.45) is 10.8 Å². The van der Waals surface area contributed by atoms with Crippen LogP contribution in [0.15, 0.2) is 29.5 Å². The average Bonchev–Trinajstić information content (AvgIpc) is 2.90. The van der Waals surface area contributed by atoms with Crippen LogP contribution in [0, 0.1) is 33.5 Å². The normalized spacial score (nSPS) is 22.8. The van der Waals surface area contributed by atoms with Gasteiger partial charge in [-0.3, -0.25) is 4.79 Å². The highest BCUT2D eigenvalue weighted by Crippen LogP contribution is 2.56. The van der Waals surface area contributed by atoms with Gasteiger partial charge < -0.3 is 14.6 Å². The van der Waals surface area contributed by atoms with Crippen molar-refractivity contribution in [3.63, 3.8) is 0 Å². The number of hydrogen-bond acceptors (Lipinski definition) is 6. The summed E-state index contributed by atoms with van der Waals surface area (Å²) in [5, 5.41) is 29.6. The summed E-state index contributed by atoms with van der Waals surface area (Å²) in [6.45, 7) is 6.05. The second-order valence-corrected chi connectivity index (χ2v) is 7.43. The van der Waals surface area contributed by atoms with Crippen molar-refractivity contribution < 1.29 is 19.4 Å². The van der Waals surface area contributed by atoms with Crippen LogP contribution in [0.1, 0.15) is 45.3 Å². The van der Waals surface area contributed by atoms with Crippen molar-refractivity contribution in [1.29, 1.82) is 10.5 Å². The van der Waals surface area contributed by atoms with E-state index in [-0.39, 0.29) is 34.7 Å². The third-order valence-electron chi connectivity index (χ3n) is 4.82. The lowest BCUT2D eigenvalue weighted by Crippen LogP contribution is -2.32. The minimum absolute atomic E-state index is 0.0388. The Hall–Kier alpha value is -2.99. The maximum Gasteiger partial charge on any atom is 0.215 e. The fraction of sp³-hybridized carbons (Fsp3) is 0.450. The van der Waals surface area contributed by atoms with Crippen LogP contribution in [0.2, 0.25) is 0 Å². The number of carbonyl (C=O) groups excluding carboxylic acids is 1. The first kappa shape index (κ1) is 17.8. The molecule has 1 heterocycles. The number of carbonyl (C=O) groups is 1. The summed E-state index contributed by atoms with van der Waals surface area (Å²) in [4.78, 5) is 12.7. The van der Waals surface area contributed by atoms with Crippen LogP contribution >= 0.6 is 0 Å². The van der Waals surface area contributed by atoms with E-state index in [2.05, 4.69) is 0 Å². The van der Waals surface area contributed by atoms with Gasteiger partial charge in [-0.05, 0) is 30.0 Å². The molecule has 26 heavy (non-hydrogen) atoms. The maximum atomic E-state index is 12.7. The van der Waals surface area contributed by atoms with E-state index < -0.39 is 11.5 Å². The van der Waals surface area contributed by atoms with E-state index in [1.54, 1.807) is 19.1 Å². The molecule has 1 atom stereocenters. The van der Waals surface area contributed by atoms with Crippen molar-refractivity contribution >= 4 is 5.78 Å². The standard InChI is InChI=1S/C20H20N2O4/c1-4-25-15-7-12(5-6-13(15)23)18-20(10-21,11-22)17-14(24)8-19(2,3)9-16(17)26-18/h5-7,18,23H,4,8-9H2,1-3H3. The zero-order chi connectivity index (χ0) is 19.1. The molecule has 1 unspecified atom stereocenters. The molecule has 1 N–H and O–H groups in total. The minimum Gasteiger partial charge on any atom is -0.504 e. The summed E-state index contributed by atoms with van der Waals surface area (Å²) in [6.07, 6.45) is -0.182. The van der Waals surface area contributed by atoms with Crippen LogP contribution in [0.4, 0.5) is 0 Å². The van der Waals surface area contributed by atoms with E-state index in [0.29, 0.717) is 24.4 Å². The molecule has 6 nitrogen and oxygen atoms in total. The first-order valence-corrected chi connectivity index (χ1v) is 8.49. The highest BCUT2D eigenvalue weighted by atomic mass is 16.5. The Morgan fingerprint density at radius 2 is 2.00 bits per heavy atom. The Bertz CT molecular complexity index is 872. The van der Waals surface area contributed by atoms with Crippen LogP contribution < -0.4 is 4.74 Å². The van der Waals surface area contributed by atoms with Crippen LogP contribution in [0.5, 0.6) is 11.5 Å². The lowest BCUT2D eigenvalue weighted by Gasteiger charge is -2.29. The van der Waals surface area contributed by atoms with Gasteiger partial charge in [0.25, 0.3) is 0 Å². The molecular formula is C20H20N2O4. The number of benzene rings is 1. The molecule has 0 bridgehead atoms. The average molecular weight is 352 g/mol. The molecule has 1 aromatic carbocycles. The molecule has 3 rings (SSSR count). The Labute approximate surface area is 152 Å². The largest absolute Gasteiger partial charge is 0.504 e. The maximum absolute atomic E-state index is 12.7. The van der Waals surface area contributed by atoms with Gasteiger partial charge >= 0.3 is 0 Å². The van der Waals surface area contributed by atoms with E-state index in [9.17, 15) is 20.4 Å². The van der Waals surface area contributed by atoms with Gasteiger partial charge in [-0.2, -0.15) is 10.5 Å². The van der Waals surface area contributed by atoms with Crippen LogP contribution in [-0.4, -0.2) is 17.5 Å². The topological polar surface area (TPSA) is 103 Å².